The summed E-state index contributed by atoms with van der Waals surface area (Å²) in [6.45, 7) is 1.71. The molecule has 3 N–H and O–H groups in total. The highest BCUT2D eigenvalue weighted by atomic mass is 32.2. The van der Waals surface area contributed by atoms with E-state index in [0.717, 1.165) is 0 Å². The van der Waals surface area contributed by atoms with Gasteiger partial charge in [-0.05, 0) is 55.0 Å². The van der Waals surface area contributed by atoms with Crippen molar-refractivity contribution in [2.24, 2.45) is 0 Å². The Hall–Kier alpha value is -4.58. The molecule has 10 nitrogen and oxygen atoms in total. The van der Waals surface area contributed by atoms with Crippen LogP contribution in [0.25, 0.3) is 11.4 Å². The molecule has 1 atom stereocenters. The van der Waals surface area contributed by atoms with Crippen LogP contribution in [-0.4, -0.2) is 31.9 Å². The molecule has 0 radical (unpaired) electrons. The molecule has 0 spiro atoms. The molecule has 0 saturated carbocycles. The average Bonchev–Trinajstić information content (AvgIpc) is 2.85. The molecule has 1 amide bonds. The number of carbonyl (C=O) groups excluding carboxylic acids is 1. The van der Waals surface area contributed by atoms with E-state index in [-0.39, 0.29) is 24.1 Å². The van der Waals surface area contributed by atoms with E-state index in [1.807, 2.05) is 18.2 Å². The van der Waals surface area contributed by atoms with E-state index >= 15 is 0 Å². The summed E-state index contributed by atoms with van der Waals surface area (Å²) in [5.41, 5.74) is 1.41. The minimum atomic E-state index is -3.47. The highest BCUT2D eigenvalue weighted by Gasteiger charge is 2.15. The number of hydrogen-bond donors (Lipinski definition) is 3. The molecule has 0 aliphatic rings. The lowest BCUT2D eigenvalue weighted by Crippen LogP contribution is -2.31. The lowest BCUT2D eigenvalue weighted by molar-refractivity contribution is 0.159. The quantitative estimate of drug-likeness (QED) is 0.265. The standard InChI is InChI=1S/C25H23FN6O4S/c1-2-35-25(33)32-37(27,34)15-17-7-6-8-19(13-17)30-24-29-16-28-23(31-24)21-14-18(26)11-12-22(21)36-20-9-4-3-5-10-20/h3-14,16H,2,15H2,1H3,(H2,27,32,33,34)(H,28,29,30,31). The van der Waals surface area contributed by atoms with Gasteiger partial charge in [0.2, 0.25) is 5.95 Å². The maximum atomic E-state index is 14.1. The average molecular weight is 523 g/mol. The summed E-state index contributed by atoms with van der Waals surface area (Å²) in [6, 6.07) is 19.9. The van der Waals surface area contributed by atoms with Crippen LogP contribution in [0.15, 0.2) is 79.1 Å². The topological polar surface area (TPSA) is 139 Å². The molecule has 0 saturated heterocycles. The zero-order valence-corrected chi connectivity index (χ0v) is 20.5. The van der Waals surface area contributed by atoms with E-state index in [0.29, 0.717) is 28.3 Å². The third kappa shape index (κ3) is 7.21. The predicted molar refractivity (Wildman–Crippen MR) is 136 cm³/mol. The smallest absolute Gasteiger partial charge is 0.419 e. The van der Waals surface area contributed by atoms with Gasteiger partial charge in [0.25, 0.3) is 0 Å². The largest absolute Gasteiger partial charge is 0.457 e. The number of para-hydroxylation sites is 1. The van der Waals surface area contributed by atoms with Crippen LogP contribution in [0, 0.1) is 10.6 Å². The third-order valence-corrected chi connectivity index (χ3v) is 6.04. The van der Waals surface area contributed by atoms with E-state index < -0.39 is 21.8 Å². The van der Waals surface area contributed by atoms with Crippen molar-refractivity contribution in [3.05, 3.63) is 90.5 Å². The summed E-state index contributed by atoms with van der Waals surface area (Å²) in [4.78, 5) is 24.3. The van der Waals surface area contributed by atoms with Crippen molar-refractivity contribution in [1.82, 2.24) is 19.7 Å². The molecule has 0 aliphatic heterocycles. The van der Waals surface area contributed by atoms with Gasteiger partial charge < -0.3 is 14.8 Å². The number of nitrogens with zero attached hydrogens (tertiary/aromatic N) is 3. The van der Waals surface area contributed by atoms with Gasteiger partial charge in [-0.2, -0.15) is 4.98 Å². The van der Waals surface area contributed by atoms with Crippen LogP contribution in [0.3, 0.4) is 0 Å². The molecule has 1 unspecified atom stereocenters. The molecular weight excluding hydrogens is 499 g/mol. The first-order valence-electron chi connectivity index (χ1n) is 11.1. The molecule has 1 heterocycles. The van der Waals surface area contributed by atoms with Crippen molar-refractivity contribution >= 4 is 27.6 Å². The normalized spacial score (nSPS) is 12.3. The van der Waals surface area contributed by atoms with Crippen LogP contribution in [-0.2, 0) is 20.4 Å². The lowest BCUT2D eigenvalue weighted by atomic mass is 10.2. The van der Waals surface area contributed by atoms with Crippen molar-refractivity contribution in [2.45, 2.75) is 12.7 Å². The van der Waals surface area contributed by atoms with Crippen LogP contribution in [0.1, 0.15) is 12.5 Å². The number of amides is 1. The molecular formula is C25H23FN6O4S. The summed E-state index contributed by atoms with van der Waals surface area (Å²) in [7, 11) is -3.47. The van der Waals surface area contributed by atoms with Crippen LogP contribution >= 0.6 is 0 Å². The fraction of sp³-hybridized carbons (Fsp3) is 0.120. The molecule has 4 rings (SSSR count). The van der Waals surface area contributed by atoms with Crippen LogP contribution in [0.5, 0.6) is 11.5 Å². The monoisotopic (exact) mass is 522 g/mol. The Balaban J connectivity index is 1.54. The van der Waals surface area contributed by atoms with E-state index in [1.165, 1.54) is 24.5 Å². The SMILES string of the molecule is CCOC(=O)NS(=N)(=O)Cc1cccc(Nc2ncnc(-c3cc(F)ccc3Oc3ccccc3)n2)c1. The number of halogens is 1. The second kappa shape index (κ2) is 11.4. The van der Waals surface area contributed by atoms with Gasteiger partial charge in [0.15, 0.2) is 5.82 Å². The molecule has 190 valence electrons. The summed E-state index contributed by atoms with van der Waals surface area (Å²) in [5.74, 6) is 0.593. The Kier molecular flexibility index (Phi) is 7.89. The molecule has 0 fully saturated rings. The number of ether oxygens (including phenoxy) is 2. The first-order valence-corrected chi connectivity index (χ1v) is 12.8. The number of nitrogens with one attached hydrogen (secondary N) is 3. The lowest BCUT2D eigenvalue weighted by Gasteiger charge is -2.12. The minimum Gasteiger partial charge on any atom is -0.457 e. The number of rotatable bonds is 9. The number of aromatic nitrogens is 3. The molecule has 0 aliphatic carbocycles. The second-order valence-corrected chi connectivity index (χ2v) is 9.50. The fourth-order valence-corrected chi connectivity index (χ4v) is 4.35. The number of anilines is 2. The van der Waals surface area contributed by atoms with E-state index in [1.54, 1.807) is 43.3 Å². The van der Waals surface area contributed by atoms with Gasteiger partial charge in [0.1, 0.15) is 33.6 Å². The first kappa shape index (κ1) is 25.5. The highest BCUT2D eigenvalue weighted by Crippen LogP contribution is 2.32. The van der Waals surface area contributed by atoms with Gasteiger partial charge in [0, 0.05) is 5.69 Å². The van der Waals surface area contributed by atoms with Crippen LogP contribution in [0.2, 0.25) is 0 Å². The van der Waals surface area contributed by atoms with Crippen LogP contribution < -0.4 is 14.8 Å². The van der Waals surface area contributed by atoms with Crippen molar-refractivity contribution in [3.63, 3.8) is 0 Å². The summed E-state index contributed by atoms with van der Waals surface area (Å²) >= 11 is 0. The van der Waals surface area contributed by atoms with Gasteiger partial charge in [-0.25, -0.2) is 32.9 Å². The van der Waals surface area contributed by atoms with Crippen molar-refractivity contribution in [3.8, 4) is 22.9 Å². The Labute approximate surface area is 213 Å². The number of carbonyl (C=O) groups is 1. The molecule has 37 heavy (non-hydrogen) atoms. The zero-order valence-electron chi connectivity index (χ0n) is 19.7. The summed E-state index contributed by atoms with van der Waals surface area (Å²) in [5, 5.41) is 3.02. The zero-order chi connectivity index (χ0) is 26.3. The van der Waals surface area contributed by atoms with Gasteiger partial charge in [-0.15, -0.1) is 0 Å². The van der Waals surface area contributed by atoms with Gasteiger partial charge >= 0.3 is 6.09 Å². The van der Waals surface area contributed by atoms with E-state index in [2.05, 4.69) is 25.0 Å². The Bertz CT molecular complexity index is 1500. The Morgan fingerprint density at radius 3 is 2.65 bits per heavy atom. The molecule has 12 heteroatoms. The maximum Gasteiger partial charge on any atom is 0.419 e. The van der Waals surface area contributed by atoms with Gasteiger partial charge in [-0.3, -0.25) is 0 Å². The third-order valence-electron chi connectivity index (χ3n) is 4.80. The molecule has 0 bridgehead atoms. The van der Waals surface area contributed by atoms with Crippen LogP contribution in [0.4, 0.5) is 20.8 Å². The second-order valence-electron chi connectivity index (χ2n) is 7.66. The van der Waals surface area contributed by atoms with Gasteiger partial charge in [0.05, 0.1) is 17.9 Å². The highest BCUT2D eigenvalue weighted by molar-refractivity contribution is 7.90. The van der Waals surface area contributed by atoms with Crippen molar-refractivity contribution < 1.29 is 22.9 Å². The first-order chi connectivity index (χ1) is 17.8. The molecule has 3 aromatic carbocycles. The minimum absolute atomic E-state index is 0.101. The summed E-state index contributed by atoms with van der Waals surface area (Å²) < 4.78 is 47.2. The molecule has 1 aromatic heterocycles. The predicted octanol–water partition coefficient (Wildman–Crippen LogP) is 5.42. The fourth-order valence-electron chi connectivity index (χ4n) is 3.30. The number of benzene rings is 3. The Morgan fingerprint density at radius 2 is 1.86 bits per heavy atom. The Morgan fingerprint density at radius 1 is 1.05 bits per heavy atom. The van der Waals surface area contributed by atoms with Crippen molar-refractivity contribution in [2.75, 3.05) is 11.9 Å². The van der Waals surface area contributed by atoms with Crippen molar-refractivity contribution in [1.29, 1.82) is 4.78 Å². The number of hydrogen-bond acceptors (Lipinski definition) is 9. The van der Waals surface area contributed by atoms with E-state index in [9.17, 15) is 13.4 Å². The molecule has 4 aromatic rings. The summed E-state index contributed by atoms with van der Waals surface area (Å²) in [6.07, 6.45) is 0.369. The van der Waals surface area contributed by atoms with Gasteiger partial charge in [-0.1, -0.05) is 30.3 Å². The van der Waals surface area contributed by atoms with E-state index in [4.69, 9.17) is 14.3 Å². The maximum absolute atomic E-state index is 14.1.